The number of carbonyl (C=O) groups is 2. The highest BCUT2D eigenvalue weighted by molar-refractivity contribution is 6.32. The molecule has 1 fully saturated rings. The smallest absolute Gasteiger partial charge is 0.282 e. The molecule has 1 aliphatic heterocycles. The zero-order valence-electron chi connectivity index (χ0n) is 15.2. The molecule has 29 heavy (non-hydrogen) atoms. The van der Waals surface area contributed by atoms with Crippen molar-refractivity contribution < 1.29 is 19.1 Å². The highest BCUT2D eigenvalue weighted by Gasteiger charge is 2.36. The maximum absolute atomic E-state index is 13.1. The lowest BCUT2D eigenvalue weighted by molar-refractivity contribution is -0.133. The van der Waals surface area contributed by atoms with Gasteiger partial charge in [-0.25, -0.2) is 14.1 Å². The summed E-state index contributed by atoms with van der Waals surface area (Å²) in [5.74, 6) is -1.89. The number of likely N-dealkylation sites (tertiary alicyclic amines) is 1. The molecule has 1 amide bonds. The van der Waals surface area contributed by atoms with Crippen LogP contribution in [0.3, 0.4) is 0 Å². The van der Waals surface area contributed by atoms with Crippen molar-refractivity contribution in [3.63, 3.8) is 0 Å². The van der Waals surface area contributed by atoms with E-state index in [0.717, 1.165) is 0 Å². The molecule has 0 unspecified atom stereocenters. The molecular weight excluding hydrogens is 399 g/mol. The first-order valence-corrected chi connectivity index (χ1v) is 9.18. The maximum Gasteiger partial charge on any atom is 0.282 e. The minimum absolute atomic E-state index is 0.149. The van der Waals surface area contributed by atoms with E-state index in [1.54, 1.807) is 29.1 Å². The van der Waals surface area contributed by atoms with Gasteiger partial charge in [-0.1, -0.05) is 18.2 Å². The van der Waals surface area contributed by atoms with Crippen LogP contribution in [0.5, 0.6) is 0 Å². The van der Waals surface area contributed by atoms with Crippen LogP contribution in [0.2, 0.25) is 5.02 Å². The predicted molar refractivity (Wildman–Crippen MR) is 105 cm³/mol. The minimum Gasteiger partial charge on any atom is -0.392 e. The molecule has 0 atom stereocenters. The third kappa shape index (κ3) is 3.20. The Bertz CT molecular complexity index is 1150. The fraction of sp³-hybridized carbons (Fsp3) is 0.200. The van der Waals surface area contributed by atoms with Crippen LogP contribution in [0.25, 0.3) is 16.7 Å². The number of carbonyl (C=O) groups excluding carboxylic acids is 2. The zero-order valence-corrected chi connectivity index (χ0v) is 15.9. The number of pyridine rings is 1. The fourth-order valence-corrected chi connectivity index (χ4v) is 3.75. The van der Waals surface area contributed by atoms with Gasteiger partial charge in [0.15, 0.2) is 11.5 Å². The molecule has 148 valence electrons. The van der Waals surface area contributed by atoms with E-state index in [9.17, 15) is 19.1 Å². The van der Waals surface area contributed by atoms with Gasteiger partial charge >= 0.3 is 0 Å². The quantitative estimate of drug-likeness (QED) is 0.512. The number of benzene rings is 1. The number of halogens is 2. The van der Waals surface area contributed by atoms with Crippen molar-refractivity contribution in [2.75, 3.05) is 13.1 Å². The molecule has 1 N–H and O–H groups in total. The van der Waals surface area contributed by atoms with Gasteiger partial charge in [0, 0.05) is 36.2 Å². The van der Waals surface area contributed by atoms with E-state index in [1.165, 1.54) is 11.0 Å². The van der Waals surface area contributed by atoms with E-state index < -0.39 is 11.7 Å². The van der Waals surface area contributed by atoms with Gasteiger partial charge in [0.05, 0.1) is 23.0 Å². The second-order valence-electron chi connectivity index (χ2n) is 6.76. The number of aliphatic hydroxyl groups is 1. The summed E-state index contributed by atoms with van der Waals surface area (Å²) in [4.78, 5) is 28.5. The molecule has 0 saturated carbocycles. The maximum atomic E-state index is 13.1. The van der Waals surface area contributed by atoms with E-state index in [-0.39, 0.29) is 25.6 Å². The molecule has 0 radical (unpaired) electrons. The van der Waals surface area contributed by atoms with Crippen LogP contribution in [-0.2, 0) is 11.4 Å². The normalized spacial score (nSPS) is 14.1. The van der Waals surface area contributed by atoms with Crippen molar-refractivity contribution in [2.24, 2.45) is 0 Å². The molecule has 1 saturated heterocycles. The number of hydrogen-bond donors (Lipinski definition) is 1. The van der Waals surface area contributed by atoms with Crippen LogP contribution in [0, 0.1) is 0 Å². The Morgan fingerprint density at radius 2 is 2.14 bits per heavy atom. The summed E-state index contributed by atoms with van der Waals surface area (Å²) in [6.45, 7) is 3.39. The molecule has 1 aromatic carbocycles. The first-order chi connectivity index (χ1) is 13.9. The standard InChI is InChI=1S/C20H16ClFN4O3/c1-11(22)20(29)25-7-14(8-25)18-17-13(10-28)4-5-23-19(17)26(24-18)16-3-2-12(9-27)6-15(16)21/h2-6,9,14,28H,1,7-8,10H2. The molecule has 1 aliphatic rings. The van der Waals surface area contributed by atoms with Gasteiger partial charge < -0.3 is 10.0 Å². The summed E-state index contributed by atoms with van der Waals surface area (Å²) >= 11 is 6.35. The van der Waals surface area contributed by atoms with Gasteiger partial charge in [-0.3, -0.25) is 9.59 Å². The van der Waals surface area contributed by atoms with Gasteiger partial charge in [0.25, 0.3) is 5.91 Å². The number of nitrogens with zero attached hydrogens (tertiary/aromatic N) is 4. The van der Waals surface area contributed by atoms with Crippen molar-refractivity contribution in [2.45, 2.75) is 12.5 Å². The van der Waals surface area contributed by atoms with Crippen LogP contribution in [0.4, 0.5) is 4.39 Å². The van der Waals surface area contributed by atoms with Crippen molar-refractivity contribution in [1.29, 1.82) is 0 Å². The second-order valence-corrected chi connectivity index (χ2v) is 7.17. The van der Waals surface area contributed by atoms with E-state index in [0.29, 0.717) is 44.9 Å². The van der Waals surface area contributed by atoms with Gasteiger partial charge in [0.2, 0.25) is 0 Å². The van der Waals surface area contributed by atoms with Crippen LogP contribution in [-0.4, -0.2) is 50.1 Å². The second kappa shape index (κ2) is 7.38. The van der Waals surface area contributed by atoms with E-state index in [2.05, 4.69) is 16.7 Å². The molecule has 7 nitrogen and oxygen atoms in total. The highest BCUT2D eigenvalue weighted by atomic mass is 35.5. The zero-order chi connectivity index (χ0) is 20.7. The van der Waals surface area contributed by atoms with Gasteiger partial charge in [0.1, 0.15) is 6.29 Å². The first-order valence-electron chi connectivity index (χ1n) is 8.80. The molecule has 0 bridgehead atoms. The highest BCUT2D eigenvalue weighted by Crippen LogP contribution is 2.35. The third-order valence-corrected chi connectivity index (χ3v) is 5.28. The average molecular weight is 415 g/mol. The summed E-state index contributed by atoms with van der Waals surface area (Å²) in [5.41, 5.74) is 2.73. The number of amides is 1. The lowest BCUT2D eigenvalue weighted by atomic mass is 9.93. The monoisotopic (exact) mass is 414 g/mol. The number of aromatic nitrogens is 3. The van der Waals surface area contributed by atoms with E-state index in [1.807, 2.05) is 0 Å². The summed E-state index contributed by atoms with van der Waals surface area (Å²) in [5, 5.41) is 15.4. The average Bonchev–Trinajstić information content (AvgIpc) is 3.05. The van der Waals surface area contributed by atoms with Crippen molar-refractivity contribution in [3.05, 3.63) is 64.7 Å². The molecule has 9 heteroatoms. The van der Waals surface area contributed by atoms with Gasteiger partial charge in [-0.05, 0) is 29.8 Å². The Balaban J connectivity index is 1.81. The number of hydrogen-bond acceptors (Lipinski definition) is 5. The van der Waals surface area contributed by atoms with E-state index in [4.69, 9.17) is 11.6 Å². The lowest BCUT2D eigenvalue weighted by Gasteiger charge is -2.38. The Kier molecular flexibility index (Phi) is 4.89. The van der Waals surface area contributed by atoms with Gasteiger partial charge in [-0.15, -0.1) is 0 Å². The summed E-state index contributed by atoms with van der Waals surface area (Å²) in [6, 6.07) is 6.51. The third-order valence-electron chi connectivity index (χ3n) is 4.98. The van der Waals surface area contributed by atoms with Crippen LogP contribution in [0.15, 0.2) is 42.9 Å². The molecule has 0 aliphatic carbocycles. The first kappa shape index (κ1) is 19.2. The Labute approximate surface area is 170 Å². The van der Waals surface area contributed by atoms with Crippen LogP contribution in [0.1, 0.15) is 27.5 Å². The number of aliphatic hydroxyl groups excluding tert-OH is 1. The SMILES string of the molecule is C=C(F)C(=O)N1CC(c2nn(-c3ccc(C=O)cc3Cl)c3nccc(CO)c23)C1. The molecule has 2 aromatic heterocycles. The number of fused-ring (bicyclic) bond motifs is 1. The molecule has 3 heterocycles. The summed E-state index contributed by atoms with van der Waals surface area (Å²) < 4.78 is 14.7. The number of rotatable bonds is 5. The fourth-order valence-electron chi connectivity index (χ4n) is 3.48. The Hall–Kier alpha value is -3.10. The largest absolute Gasteiger partial charge is 0.392 e. The molecule has 0 spiro atoms. The molecular formula is C20H16ClFN4O3. The van der Waals surface area contributed by atoms with Crippen LogP contribution < -0.4 is 0 Å². The van der Waals surface area contributed by atoms with E-state index >= 15 is 0 Å². The predicted octanol–water partition coefficient (Wildman–Crippen LogP) is 2.79. The minimum atomic E-state index is -1.00. The topological polar surface area (TPSA) is 88.3 Å². The molecule has 4 rings (SSSR count). The van der Waals surface area contributed by atoms with Crippen molar-refractivity contribution in [1.82, 2.24) is 19.7 Å². The summed E-state index contributed by atoms with van der Waals surface area (Å²) in [6.07, 6.45) is 2.26. The number of aldehydes is 1. The van der Waals surface area contributed by atoms with Crippen molar-refractivity contribution in [3.8, 4) is 5.69 Å². The lowest BCUT2D eigenvalue weighted by Crippen LogP contribution is -2.48. The van der Waals surface area contributed by atoms with Crippen LogP contribution >= 0.6 is 11.6 Å². The Morgan fingerprint density at radius 3 is 2.76 bits per heavy atom. The van der Waals surface area contributed by atoms with Crippen molar-refractivity contribution >= 4 is 34.8 Å². The Morgan fingerprint density at radius 1 is 1.38 bits per heavy atom. The molecule has 3 aromatic rings. The summed E-state index contributed by atoms with van der Waals surface area (Å²) in [7, 11) is 0. The van der Waals surface area contributed by atoms with Gasteiger partial charge in [-0.2, -0.15) is 5.10 Å².